The highest BCUT2D eigenvalue weighted by Gasteiger charge is 2.14. The smallest absolute Gasteiger partial charge is 0.258 e. The second-order valence-corrected chi connectivity index (χ2v) is 2.80. The van der Waals surface area contributed by atoms with Gasteiger partial charge < -0.3 is 0 Å². The highest BCUT2D eigenvalue weighted by atomic mass is 16.6. The van der Waals surface area contributed by atoms with E-state index in [0.29, 0.717) is 5.56 Å². The molecular formula is C9H8N2O4. The molecule has 0 fully saturated rings. The van der Waals surface area contributed by atoms with Crippen molar-refractivity contribution in [3.05, 3.63) is 50.1 Å². The second-order valence-electron chi connectivity index (χ2n) is 2.80. The lowest BCUT2D eigenvalue weighted by molar-refractivity contribution is -0.394. The van der Waals surface area contributed by atoms with E-state index in [4.69, 9.17) is 0 Å². The van der Waals surface area contributed by atoms with Crippen molar-refractivity contribution in [1.82, 2.24) is 0 Å². The number of non-ortho nitro benzene ring substituents is 2. The van der Waals surface area contributed by atoms with Crippen molar-refractivity contribution < 1.29 is 9.85 Å². The summed E-state index contributed by atoms with van der Waals surface area (Å²) in [6, 6.07) is 3.51. The van der Waals surface area contributed by atoms with Crippen LogP contribution in [0.1, 0.15) is 12.5 Å². The Labute approximate surface area is 85.1 Å². The van der Waals surface area contributed by atoms with Crippen LogP contribution >= 0.6 is 0 Å². The Morgan fingerprint density at radius 1 is 1.07 bits per heavy atom. The van der Waals surface area contributed by atoms with Crippen LogP contribution in [-0.4, -0.2) is 9.85 Å². The summed E-state index contributed by atoms with van der Waals surface area (Å²) in [5.41, 5.74) is -0.118. The van der Waals surface area contributed by atoms with E-state index in [-0.39, 0.29) is 11.4 Å². The third-order valence-electron chi connectivity index (χ3n) is 1.71. The van der Waals surface area contributed by atoms with Gasteiger partial charge in [0.25, 0.3) is 11.4 Å². The summed E-state index contributed by atoms with van der Waals surface area (Å²) in [5.74, 6) is 0. The van der Waals surface area contributed by atoms with Crippen LogP contribution in [0.25, 0.3) is 6.08 Å². The molecule has 0 amide bonds. The van der Waals surface area contributed by atoms with Crippen LogP contribution in [0.2, 0.25) is 0 Å². The third-order valence-corrected chi connectivity index (χ3v) is 1.71. The fourth-order valence-electron chi connectivity index (χ4n) is 1.12. The van der Waals surface area contributed by atoms with Gasteiger partial charge in [0, 0.05) is 12.1 Å². The summed E-state index contributed by atoms with van der Waals surface area (Å²) >= 11 is 0. The first-order valence-electron chi connectivity index (χ1n) is 4.11. The first-order valence-corrected chi connectivity index (χ1v) is 4.11. The van der Waals surface area contributed by atoms with Crippen molar-refractivity contribution in [3.63, 3.8) is 0 Å². The summed E-state index contributed by atoms with van der Waals surface area (Å²) in [7, 11) is 0. The van der Waals surface area contributed by atoms with Crippen molar-refractivity contribution in [2.75, 3.05) is 0 Å². The monoisotopic (exact) mass is 208 g/mol. The fraction of sp³-hybridized carbons (Fsp3) is 0.111. The van der Waals surface area contributed by atoms with Gasteiger partial charge in [0.2, 0.25) is 0 Å². The van der Waals surface area contributed by atoms with Crippen LogP contribution in [0.15, 0.2) is 24.3 Å². The molecule has 1 aromatic rings. The predicted octanol–water partition coefficient (Wildman–Crippen LogP) is 2.54. The summed E-state index contributed by atoms with van der Waals surface area (Å²) < 4.78 is 0. The summed E-state index contributed by atoms with van der Waals surface area (Å²) in [5, 5.41) is 21.0. The molecule has 15 heavy (non-hydrogen) atoms. The molecule has 0 aliphatic carbocycles. The number of hydrogen-bond acceptors (Lipinski definition) is 4. The zero-order valence-corrected chi connectivity index (χ0v) is 7.91. The molecule has 6 heteroatoms. The fourth-order valence-corrected chi connectivity index (χ4v) is 1.12. The zero-order valence-electron chi connectivity index (χ0n) is 7.91. The maximum Gasteiger partial charge on any atom is 0.276 e. The minimum Gasteiger partial charge on any atom is -0.258 e. The van der Waals surface area contributed by atoms with Crippen LogP contribution < -0.4 is 0 Å². The van der Waals surface area contributed by atoms with Gasteiger partial charge in [-0.15, -0.1) is 0 Å². The van der Waals surface area contributed by atoms with Gasteiger partial charge in [-0.2, -0.15) is 0 Å². The Morgan fingerprint density at radius 2 is 1.53 bits per heavy atom. The molecule has 0 unspecified atom stereocenters. The molecule has 0 aliphatic rings. The second kappa shape index (κ2) is 4.32. The Balaban J connectivity index is 3.32. The zero-order chi connectivity index (χ0) is 11.4. The van der Waals surface area contributed by atoms with Crippen molar-refractivity contribution >= 4 is 17.5 Å². The van der Waals surface area contributed by atoms with Gasteiger partial charge in [-0.25, -0.2) is 0 Å². The molecule has 1 rings (SSSR count). The molecule has 0 spiro atoms. The van der Waals surface area contributed by atoms with Crippen LogP contribution in [0.3, 0.4) is 0 Å². The quantitative estimate of drug-likeness (QED) is 0.564. The predicted molar refractivity (Wildman–Crippen MR) is 54.5 cm³/mol. The molecule has 0 saturated carbocycles. The lowest BCUT2D eigenvalue weighted by Gasteiger charge is -1.96. The molecule has 0 N–H and O–H groups in total. The van der Waals surface area contributed by atoms with Gasteiger partial charge >= 0.3 is 0 Å². The average Bonchev–Trinajstić information content (AvgIpc) is 2.17. The number of rotatable bonds is 3. The number of hydrogen-bond donors (Lipinski definition) is 0. The molecule has 0 aromatic heterocycles. The normalized spacial score (nSPS) is 10.5. The van der Waals surface area contributed by atoms with E-state index >= 15 is 0 Å². The maximum absolute atomic E-state index is 10.5. The minimum absolute atomic E-state index is 0.280. The van der Waals surface area contributed by atoms with Crippen LogP contribution in [0, 0.1) is 20.2 Å². The van der Waals surface area contributed by atoms with E-state index in [0.717, 1.165) is 6.07 Å². The van der Waals surface area contributed by atoms with E-state index < -0.39 is 9.85 Å². The topological polar surface area (TPSA) is 86.3 Å². The Morgan fingerprint density at radius 3 is 1.87 bits per heavy atom. The Bertz CT molecular complexity index is 407. The summed E-state index contributed by atoms with van der Waals surface area (Å²) in [6.45, 7) is 1.73. The van der Waals surface area contributed by atoms with Gasteiger partial charge in [-0.05, 0) is 12.5 Å². The Kier molecular flexibility index (Phi) is 3.12. The molecule has 1 aromatic carbocycles. The lowest BCUT2D eigenvalue weighted by Crippen LogP contribution is -1.93. The lowest BCUT2D eigenvalue weighted by atomic mass is 10.1. The molecule has 0 heterocycles. The highest BCUT2D eigenvalue weighted by molar-refractivity contribution is 5.58. The molecule has 0 radical (unpaired) electrons. The number of nitro benzene ring substituents is 2. The molecule has 6 nitrogen and oxygen atoms in total. The average molecular weight is 208 g/mol. The van der Waals surface area contributed by atoms with Crippen LogP contribution in [0.4, 0.5) is 11.4 Å². The minimum atomic E-state index is -0.653. The van der Waals surface area contributed by atoms with Gasteiger partial charge in [0.1, 0.15) is 0 Å². The molecule has 0 atom stereocenters. The van der Waals surface area contributed by atoms with E-state index in [1.54, 1.807) is 19.1 Å². The van der Waals surface area contributed by atoms with Gasteiger partial charge in [-0.3, -0.25) is 20.2 Å². The van der Waals surface area contributed by atoms with Crippen LogP contribution in [-0.2, 0) is 0 Å². The number of nitrogens with zero attached hydrogens (tertiary/aromatic N) is 2. The highest BCUT2D eigenvalue weighted by Crippen LogP contribution is 2.23. The van der Waals surface area contributed by atoms with Crippen molar-refractivity contribution in [1.29, 1.82) is 0 Å². The molecule has 0 bridgehead atoms. The van der Waals surface area contributed by atoms with Crippen LogP contribution in [0.5, 0.6) is 0 Å². The first kappa shape index (κ1) is 10.8. The van der Waals surface area contributed by atoms with Gasteiger partial charge in [0.05, 0.1) is 15.9 Å². The largest absolute Gasteiger partial charge is 0.276 e. The molecular weight excluding hydrogens is 200 g/mol. The number of benzene rings is 1. The molecule has 0 saturated heterocycles. The Hall–Kier alpha value is -2.24. The SMILES string of the molecule is CC=Cc1cc([N+](=O)[O-])cc([N+](=O)[O-])c1. The third kappa shape index (κ3) is 2.60. The standard InChI is InChI=1S/C9H8N2O4/c1-2-3-7-4-8(10(12)13)6-9(5-7)11(14)15/h2-6H,1H3. The first-order chi connectivity index (χ1) is 7.04. The number of allylic oxidation sites excluding steroid dienone is 1. The van der Waals surface area contributed by atoms with E-state index in [1.165, 1.54) is 12.1 Å². The van der Waals surface area contributed by atoms with E-state index in [2.05, 4.69) is 0 Å². The van der Waals surface area contributed by atoms with Gasteiger partial charge in [-0.1, -0.05) is 12.2 Å². The van der Waals surface area contributed by atoms with E-state index in [9.17, 15) is 20.2 Å². The summed E-state index contributed by atoms with van der Waals surface area (Å²) in [4.78, 5) is 19.7. The van der Waals surface area contributed by atoms with E-state index in [1.807, 2.05) is 0 Å². The van der Waals surface area contributed by atoms with Crippen molar-refractivity contribution in [3.8, 4) is 0 Å². The maximum atomic E-state index is 10.5. The van der Waals surface area contributed by atoms with Crippen molar-refractivity contribution in [2.45, 2.75) is 6.92 Å². The number of nitro groups is 2. The summed E-state index contributed by atoms with van der Waals surface area (Å²) in [6.07, 6.45) is 3.22. The van der Waals surface area contributed by atoms with Crippen molar-refractivity contribution in [2.24, 2.45) is 0 Å². The molecule has 0 aliphatic heterocycles. The molecule has 78 valence electrons. The van der Waals surface area contributed by atoms with Gasteiger partial charge in [0.15, 0.2) is 0 Å².